The number of esters is 2. The number of phosphoric acid groups is 1. The Bertz CT molecular complexity index is 1870. The third-order valence-electron chi connectivity index (χ3n) is 9.40. The summed E-state index contributed by atoms with van der Waals surface area (Å²) in [6.45, 7) is -4.69. The molecule has 270 valence electrons. The summed E-state index contributed by atoms with van der Waals surface area (Å²) in [6.07, 6.45) is 4.11. The van der Waals surface area contributed by atoms with Crippen molar-refractivity contribution in [1.29, 1.82) is 0 Å². The van der Waals surface area contributed by atoms with E-state index in [0.29, 0.717) is 5.92 Å². The monoisotopic (exact) mass is 743 g/mol. The Morgan fingerprint density at radius 2 is 1.49 bits per heavy atom. The molecule has 1 aromatic heterocycles. The molecular weight excluding hydrogens is 709 g/mol. The van der Waals surface area contributed by atoms with Gasteiger partial charge in [-0.25, -0.2) is 27.7 Å². The van der Waals surface area contributed by atoms with Gasteiger partial charge >= 0.3 is 19.8 Å². The molecule has 2 aromatic carbocycles. The second-order valence-electron chi connectivity index (χ2n) is 12.3. The number of benzene rings is 2. The number of amides is 1. The molecule has 0 radical (unpaired) electrons. The molecule has 16 nitrogen and oxygen atoms in total. The van der Waals surface area contributed by atoms with Gasteiger partial charge in [-0.2, -0.15) is 0 Å². The second kappa shape index (κ2) is 14.4. The average molecular weight is 744 g/mol. The molecular formula is C33H34N3O13PS. The highest BCUT2D eigenvalue weighted by molar-refractivity contribution is 7.98. The third kappa shape index (κ3) is 6.78. The fraction of sp³-hybridized carbons (Fsp3) is 0.394. The first kappa shape index (κ1) is 35.2. The van der Waals surface area contributed by atoms with Gasteiger partial charge in [0.05, 0.1) is 6.04 Å². The molecule has 3 aromatic rings. The van der Waals surface area contributed by atoms with Crippen LogP contribution in [0.4, 0.5) is 0 Å². The number of phosphoric ester groups is 1. The normalized spacial score (nSPS) is 21.6. The number of hydrogen-bond donors (Lipinski definition) is 2. The minimum Gasteiger partial charge on any atom is -0.460 e. The van der Waals surface area contributed by atoms with E-state index in [0.717, 1.165) is 46.6 Å². The van der Waals surface area contributed by atoms with Crippen LogP contribution in [-0.2, 0) is 43.0 Å². The summed E-state index contributed by atoms with van der Waals surface area (Å²) in [5, 5.41) is 19.8. The molecule has 2 aliphatic heterocycles. The van der Waals surface area contributed by atoms with Gasteiger partial charge in [0.25, 0.3) is 5.91 Å². The number of hydrogen-bond acceptors (Lipinski definition) is 15. The Hall–Kier alpha value is -4.22. The molecule has 3 fully saturated rings. The van der Waals surface area contributed by atoms with Crippen LogP contribution in [0, 0.1) is 5.92 Å². The zero-order chi connectivity index (χ0) is 35.8. The first-order chi connectivity index (χ1) is 24.6. The standard InChI is InChI=1S/C33H34N3O13PS/c37-14-27(40)44-18-47-50(43,48-19-45-28(41)15-38)49-20-46-31-25(39)9-10-35-30(31)32(42)34(33-11-21(12-33)13-33)17-36(35)29-23-6-2-1-5-22(23)16-51-26-8-4-3-7-24(26)29/h1-10,21,29,37-38H,11-20H2/t21?,29-,33?/m0/s1. The van der Waals surface area contributed by atoms with E-state index < -0.39 is 64.7 Å². The van der Waals surface area contributed by atoms with Crippen molar-refractivity contribution < 1.29 is 56.9 Å². The second-order valence-corrected chi connectivity index (χ2v) is 15.0. The predicted octanol–water partition coefficient (Wildman–Crippen LogP) is 2.63. The smallest absolute Gasteiger partial charge is 0.460 e. The van der Waals surface area contributed by atoms with Crippen LogP contribution in [0.3, 0.4) is 0 Å². The minimum absolute atomic E-state index is 0.0562. The number of ether oxygens (including phenoxy) is 3. The summed E-state index contributed by atoms with van der Waals surface area (Å²) in [5.41, 5.74) is 2.17. The summed E-state index contributed by atoms with van der Waals surface area (Å²) in [7, 11) is -4.75. The summed E-state index contributed by atoms with van der Waals surface area (Å²) in [5.74, 6) is -1.71. The first-order valence-electron chi connectivity index (χ1n) is 16.0. The van der Waals surface area contributed by atoms with Gasteiger partial charge in [0.2, 0.25) is 31.6 Å². The zero-order valence-electron chi connectivity index (χ0n) is 27.1. The number of pyridine rings is 1. The Morgan fingerprint density at radius 3 is 2.14 bits per heavy atom. The maximum atomic E-state index is 14.4. The fourth-order valence-electron chi connectivity index (χ4n) is 6.88. The molecule has 5 aliphatic rings. The molecule has 0 spiro atoms. The van der Waals surface area contributed by atoms with Crippen molar-refractivity contribution in [3.63, 3.8) is 0 Å². The predicted molar refractivity (Wildman–Crippen MR) is 177 cm³/mol. The van der Waals surface area contributed by atoms with Gasteiger partial charge in [-0.15, -0.1) is 11.8 Å². The molecule has 8 rings (SSSR count). The van der Waals surface area contributed by atoms with E-state index in [4.69, 9.17) is 28.5 Å². The van der Waals surface area contributed by atoms with Gasteiger partial charge in [0.15, 0.2) is 5.69 Å². The van der Waals surface area contributed by atoms with E-state index >= 15 is 0 Å². The van der Waals surface area contributed by atoms with Crippen molar-refractivity contribution in [2.75, 3.05) is 45.3 Å². The van der Waals surface area contributed by atoms with E-state index in [9.17, 15) is 23.7 Å². The highest BCUT2D eigenvalue weighted by Crippen LogP contribution is 2.61. The fourth-order valence-corrected chi connectivity index (χ4v) is 8.74. The molecule has 3 heterocycles. The maximum absolute atomic E-state index is 14.4. The molecule has 2 N–H and O–H groups in total. The SMILES string of the molecule is O=C(CO)OCOP(=O)(OCOC(=O)CO)OCOc1c2n(ccc1=O)N([C@H]1c3ccccc3CSc3ccccc31)CN(C13CC(C1)C3)C2=O. The number of rotatable bonds is 14. The van der Waals surface area contributed by atoms with E-state index in [-0.39, 0.29) is 29.7 Å². The van der Waals surface area contributed by atoms with Crippen molar-refractivity contribution in [2.45, 2.75) is 41.5 Å². The lowest BCUT2D eigenvalue weighted by atomic mass is 9.49. The lowest BCUT2D eigenvalue weighted by Crippen LogP contribution is -2.73. The number of carbonyl (C=O) groups excluding carboxylic acids is 3. The zero-order valence-corrected chi connectivity index (χ0v) is 28.8. The van der Waals surface area contributed by atoms with Gasteiger partial charge in [-0.1, -0.05) is 42.5 Å². The van der Waals surface area contributed by atoms with E-state index in [1.807, 2.05) is 29.2 Å². The first-order valence-corrected chi connectivity index (χ1v) is 18.4. The molecule has 2 bridgehead atoms. The molecule has 3 aliphatic carbocycles. The average Bonchev–Trinajstić information content (AvgIpc) is 3.25. The molecule has 0 unspecified atom stereocenters. The molecule has 3 saturated carbocycles. The highest BCUT2D eigenvalue weighted by Gasteiger charge is 2.63. The van der Waals surface area contributed by atoms with E-state index in [2.05, 4.69) is 38.7 Å². The Balaban J connectivity index is 1.23. The quantitative estimate of drug-likeness (QED) is 0.139. The molecule has 51 heavy (non-hydrogen) atoms. The summed E-state index contributed by atoms with van der Waals surface area (Å²) < 4.78 is 44.9. The highest BCUT2D eigenvalue weighted by atomic mass is 32.2. The van der Waals surface area contributed by atoms with Crippen molar-refractivity contribution in [1.82, 2.24) is 9.58 Å². The van der Waals surface area contributed by atoms with Gasteiger partial charge in [0, 0.05) is 28.5 Å². The topological polar surface area (TPSA) is 193 Å². The lowest BCUT2D eigenvalue weighted by molar-refractivity contribution is -0.157. The van der Waals surface area contributed by atoms with Crippen molar-refractivity contribution in [3.8, 4) is 5.75 Å². The maximum Gasteiger partial charge on any atom is 0.483 e. The lowest BCUT2D eigenvalue weighted by Gasteiger charge is -2.67. The van der Waals surface area contributed by atoms with E-state index in [1.165, 1.54) is 12.3 Å². The Labute approximate surface area is 295 Å². The molecule has 1 amide bonds. The van der Waals surface area contributed by atoms with Crippen molar-refractivity contribution in [3.05, 3.63) is 93.4 Å². The number of thioether (sulfide) groups is 1. The molecule has 0 saturated heterocycles. The van der Waals surface area contributed by atoms with E-state index in [1.54, 1.807) is 16.4 Å². The number of aliphatic hydroxyl groups is 2. The number of carbonyl (C=O) groups is 3. The largest absolute Gasteiger partial charge is 0.483 e. The number of fused-ring (bicyclic) bond motifs is 3. The van der Waals surface area contributed by atoms with Crippen LogP contribution in [0.2, 0.25) is 0 Å². The van der Waals surface area contributed by atoms with Gasteiger partial charge < -0.3 is 29.3 Å². The molecule has 18 heteroatoms. The van der Waals surface area contributed by atoms with Crippen LogP contribution in [0.5, 0.6) is 5.75 Å². The number of aliphatic hydroxyl groups excluding tert-OH is 2. The van der Waals surface area contributed by atoms with Crippen LogP contribution >= 0.6 is 19.6 Å². The van der Waals surface area contributed by atoms with Crippen LogP contribution < -0.4 is 15.2 Å². The summed E-state index contributed by atoms with van der Waals surface area (Å²) in [4.78, 5) is 53.5. The van der Waals surface area contributed by atoms with Crippen molar-refractivity contribution >= 4 is 37.4 Å². The Morgan fingerprint density at radius 1 is 0.863 bits per heavy atom. The van der Waals surface area contributed by atoms with Crippen LogP contribution in [-0.4, -0.2) is 83.4 Å². The minimum atomic E-state index is -4.75. The number of aromatic nitrogens is 1. The van der Waals surface area contributed by atoms with Gasteiger partial charge in [-0.05, 0) is 47.9 Å². The number of nitrogens with zero attached hydrogens (tertiary/aromatic N) is 3. The summed E-state index contributed by atoms with van der Waals surface area (Å²) in [6, 6.07) is 17.1. The van der Waals surface area contributed by atoms with Crippen LogP contribution in [0.15, 0.2) is 70.5 Å². The third-order valence-corrected chi connectivity index (χ3v) is 11.8. The molecule has 1 atom stereocenters. The van der Waals surface area contributed by atoms with Gasteiger partial charge in [0.1, 0.15) is 19.9 Å². The van der Waals surface area contributed by atoms with Crippen LogP contribution in [0.25, 0.3) is 0 Å². The van der Waals surface area contributed by atoms with Crippen LogP contribution in [0.1, 0.15) is 52.5 Å². The van der Waals surface area contributed by atoms with Gasteiger partial charge in [-0.3, -0.25) is 19.3 Å². The van der Waals surface area contributed by atoms with Crippen molar-refractivity contribution in [2.24, 2.45) is 5.92 Å². The summed E-state index contributed by atoms with van der Waals surface area (Å²) >= 11 is 1.73. The Kier molecular flexibility index (Phi) is 9.95.